The van der Waals surface area contributed by atoms with Gasteiger partial charge in [-0.2, -0.15) is 0 Å². The summed E-state index contributed by atoms with van der Waals surface area (Å²) in [6.45, 7) is 4.39. The minimum Gasteiger partial charge on any atom is -0.492 e. The van der Waals surface area contributed by atoms with Gasteiger partial charge in [0, 0.05) is 5.02 Å². The van der Waals surface area contributed by atoms with Gasteiger partial charge < -0.3 is 9.47 Å². The van der Waals surface area contributed by atoms with E-state index in [1.165, 1.54) is 4.90 Å². The molecule has 1 fully saturated rings. The summed E-state index contributed by atoms with van der Waals surface area (Å²) in [7, 11) is 0. The summed E-state index contributed by atoms with van der Waals surface area (Å²) in [4.78, 5) is 26.3. The van der Waals surface area contributed by atoms with E-state index >= 15 is 0 Å². The number of carbonyl (C=O) groups is 2. The molecule has 7 heteroatoms. The van der Waals surface area contributed by atoms with Gasteiger partial charge in [0.15, 0.2) is 0 Å². The van der Waals surface area contributed by atoms with E-state index in [1.54, 1.807) is 42.5 Å². The van der Waals surface area contributed by atoms with E-state index in [4.69, 9.17) is 21.1 Å². The molecule has 0 aromatic heterocycles. The van der Waals surface area contributed by atoms with E-state index in [-0.39, 0.29) is 24.3 Å². The number of ether oxygens (including phenoxy) is 2. The SMILES string of the molecule is C=CCOc1cccc(/C=C2\SC(=O)N(CCOc3ccc(Cl)cc3)C2=O)c1. The lowest BCUT2D eigenvalue weighted by Crippen LogP contribution is -2.32. The van der Waals surface area contributed by atoms with Gasteiger partial charge in [-0.05, 0) is 59.8 Å². The van der Waals surface area contributed by atoms with E-state index in [9.17, 15) is 9.59 Å². The largest absolute Gasteiger partial charge is 0.492 e. The van der Waals surface area contributed by atoms with Crippen LogP contribution in [0.5, 0.6) is 11.5 Å². The van der Waals surface area contributed by atoms with E-state index in [1.807, 2.05) is 18.2 Å². The van der Waals surface area contributed by atoms with Gasteiger partial charge in [0.25, 0.3) is 11.1 Å². The summed E-state index contributed by atoms with van der Waals surface area (Å²) in [6, 6.07) is 14.2. The minimum absolute atomic E-state index is 0.174. The fourth-order valence-corrected chi connectivity index (χ4v) is 3.47. The lowest BCUT2D eigenvalue weighted by atomic mass is 10.2. The molecule has 2 aromatic carbocycles. The van der Waals surface area contributed by atoms with E-state index in [0.29, 0.717) is 28.0 Å². The van der Waals surface area contributed by atoms with Crippen LogP contribution >= 0.6 is 23.4 Å². The standard InChI is InChI=1S/C21H18ClNO4S/c1-2-11-26-18-5-3-4-15(13-18)14-19-20(24)23(21(25)28-19)10-12-27-17-8-6-16(22)7-9-17/h2-9,13-14H,1,10-12H2/b19-14-. The van der Waals surface area contributed by atoms with Gasteiger partial charge >= 0.3 is 0 Å². The monoisotopic (exact) mass is 415 g/mol. The van der Waals surface area contributed by atoms with Crippen molar-refractivity contribution in [3.63, 3.8) is 0 Å². The highest BCUT2D eigenvalue weighted by Crippen LogP contribution is 2.32. The zero-order valence-corrected chi connectivity index (χ0v) is 16.5. The predicted molar refractivity (Wildman–Crippen MR) is 112 cm³/mol. The van der Waals surface area contributed by atoms with Crippen molar-refractivity contribution in [1.29, 1.82) is 0 Å². The molecule has 1 saturated heterocycles. The van der Waals surface area contributed by atoms with Crippen molar-refractivity contribution in [3.05, 3.63) is 76.7 Å². The van der Waals surface area contributed by atoms with Crippen molar-refractivity contribution in [2.45, 2.75) is 0 Å². The zero-order valence-electron chi connectivity index (χ0n) is 15.0. The molecule has 0 bridgehead atoms. The third-order valence-corrected chi connectivity index (χ3v) is 4.95. The molecule has 0 unspecified atom stereocenters. The Kier molecular flexibility index (Phi) is 6.79. The summed E-state index contributed by atoms with van der Waals surface area (Å²) >= 11 is 6.75. The molecule has 0 atom stereocenters. The Hall–Kier alpha value is -2.70. The van der Waals surface area contributed by atoms with Crippen LogP contribution < -0.4 is 9.47 Å². The molecule has 1 aliphatic heterocycles. The number of rotatable bonds is 8. The number of benzene rings is 2. The molecule has 0 saturated carbocycles. The molecule has 0 N–H and O–H groups in total. The highest BCUT2D eigenvalue weighted by atomic mass is 35.5. The number of hydrogen-bond donors (Lipinski definition) is 0. The maximum atomic E-state index is 12.6. The molecule has 2 amide bonds. The number of amides is 2. The Bertz CT molecular complexity index is 911. The summed E-state index contributed by atoms with van der Waals surface area (Å²) in [5.41, 5.74) is 0.782. The molecule has 1 heterocycles. The van der Waals surface area contributed by atoms with Crippen LogP contribution in [-0.4, -0.2) is 35.8 Å². The Morgan fingerprint density at radius 3 is 2.61 bits per heavy atom. The zero-order chi connectivity index (χ0) is 19.9. The number of halogens is 1. The first-order chi connectivity index (χ1) is 13.6. The third-order valence-electron chi connectivity index (χ3n) is 3.79. The van der Waals surface area contributed by atoms with E-state index in [2.05, 4.69) is 6.58 Å². The lowest BCUT2D eigenvalue weighted by Gasteiger charge is -2.13. The van der Waals surface area contributed by atoms with Crippen molar-refractivity contribution in [2.75, 3.05) is 19.8 Å². The lowest BCUT2D eigenvalue weighted by molar-refractivity contribution is -0.123. The van der Waals surface area contributed by atoms with E-state index < -0.39 is 0 Å². The fraction of sp³-hybridized carbons (Fsp3) is 0.143. The van der Waals surface area contributed by atoms with Crippen LogP contribution in [-0.2, 0) is 4.79 Å². The molecule has 0 spiro atoms. The minimum atomic E-state index is -0.327. The molecular formula is C21H18ClNO4S. The molecule has 0 aliphatic carbocycles. The van der Waals surface area contributed by atoms with Gasteiger partial charge in [-0.25, -0.2) is 0 Å². The van der Waals surface area contributed by atoms with Crippen molar-refractivity contribution in [1.82, 2.24) is 4.90 Å². The number of carbonyl (C=O) groups excluding carboxylic acids is 2. The number of nitrogens with zero attached hydrogens (tertiary/aromatic N) is 1. The smallest absolute Gasteiger partial charge is 0.293 e. The summed E-state index contributed by atoms with van der Waals surface area (Å²) in [5, 5.41) is 0.303. The average Bonchev–Trinajstić information content (AvgIpc) is 2.95. The maximum Gasteiger partial charge on any atom is 0.293 e. The Labute approximate surface area is 172 Å². The molecular weight excluding hydrogens is 398 g/mol. The highest BCUT2D eigenvalue weighted by molar-refractivity contribution is 8.18. The molecule has 0 radical (unpaired) electrons. The van der Waals surface area contributed by atoms with Crippen LogP contribution in [0, 0.1) is 0 Å². The average molecular weight is 416 g/mol. The van der Waals surface area contributed by atoms with Crippen molar-refractivity contribution in [3.8, 4) is 11.5 Å². The Balaban J connectivity index is 1.61. The summed E-state index contributed by atoms with van der Waals surface area (Å²) in [6.07, 6.45) is 3.34. The van der Waals surface area contributed by atoms with Gasteiger partial charge in [0.1, 0.15) is 24.7 Å². The first kappa shape index (κ1) is 20.0. The molecule has 3 rings (SSSR count). The van der Waals surface area contributed by atoms with Crippen LogP contribution in [0.25, 0.3) is 6.08 Å². The quantitative estimate of drug-likeness (QED) is 0.447. The van der Waals surface area contributed by atoms with Gasteiger partial charge in [-0.15, -0.1) is 0 Å². The van der Waals surface area contributed by atoms with Crippen molar-refractivity contribution < 1.29 is 19.1 Å². The van der Waals surface area contributed by atoms with Crippen LogP contribution in [0.2, 0.25) is 5.02 Å². The topological polar surface area (TPSA) is 55.8 Å². The van der Waals surface area contributed by atoms with Crippen molar-refractivity contribution >= 4 is 40.6 Å². The van der Waals surface area contributed by atoms with Gasteiger partial charge in [0.05, 0.1) is 11.4 Å². The second-order valence-electron chi connectivity index (χ2n) is 5.81. The van der Waals surface area contributed by atoms with Gasteiger partial charge in [0.2, 0.25) is 0 Å². The number of hydrogen-bond acceptors (Lipinski definition) is 5. The first-order valence-electron chi connectivity index (χ1n) is 8.54. The van der Waals surface area contributed by atoms with Gasteiger partial charge in [-0.3, -0.25) is 14.5 Å². The second kappa shape index (κ2) is 9.48. The highest BCUT2D eigenvalue weighted by Gasteiger charge is 2.34. The molecule has 144 valence electrons. The molecule has 1 aliphatic rings. The molecule has 2 aromatic rings. The second-order valence-corrected chi connectivity index (χ2v) is 7.24. The summed E-state index contributed by atoms with van der Waals surface area (Å²) < 4.78 is 11.1. The van der Waals surface area contributed by atoms with Gasteiger partial charge in [-0.1, -0.05) is 36.4 Å². The molecule has 5 nitrogen and oxygen atoms in total. The first-order valence-corrected chi connectivity index (χ1v) is 9.74. The maximum absolute atomic E-state index is 12.6. The predicted octanol–water partition coefficient (Wildman–Crippen LogP) is 5.02. The Morgan fingerprint density at radius 2 is 1.86 bits per heavy atom. The van der Waals surface area contributed by atoms with Crippen molar-refractivity contribution in [2.24, 2.45) is 0 Å². The van der Waals surface area contributed by atoms with Crippen LogP contribution in [0.3, 0.4) is 0 Å². The van der Waals surface area contributed by atoms with Crippen LogP contribution in [0.4, 0.5) is 4.79 Å². The fourth-order valence-electron chi connectivity index (χ4n) is 2.48. The van der Waals surface area contributed by atoms with Crippen LogP contribution in [0.1, 0.15) is 5.56 Å². The molecule has 28 heavy (non-hydrogen) atoms. The van der Waals surface area contributed by atoms with Crippen LogP contribution in [0.15, 0.2) is 66.1 Å². The number of imide groups is 1. The van der Waals surface area contributed by atoms with E-state index in [0.717, 1.165) is 17.3 Å². The third kappa shape index (κ3) is 5.18. The Morgan fingerprint density at radius 1 is 1.07 bits per heavy atom. The normalized spacial score (nSPS) is 15.2. The number of thioether (sulfide) groups is 1. The summed E-state index contributed by atoms with van der Waals surface area (Å²) in [5.74, 6) is 0.972.